The maximum atomic E-state index is 9.83. The van der Waals surface area contributed by atoms with Gasteiger partial charge in [-0.25, -0.2) is 0 Å². The van der Waals surface area contributed by atoms with E-state index in [2.05, 4.69) is 65.8 Å². The van der Waals surface area contributed by atoms with Crippen LogP contribution in [0.4, 0.5) is 0 Å². The first-order chi connectivity index (χ1) is 8.57. The van der Waals surface area contributed by atoms with Crippen LogP contribution in [0.15, 0.2) is 24.3 Å². The summed E-state index contributed by atoms with van der Waals surface area (Å²) in [6, 6.07) is 6.69. The molecule has 1 rings (SSSR count). The van der Waals surface area contributed by atoms with Gasteiger partial charge in [0.1, 0.15) is 0 Å². The van der Waals surface area contributed by atoms with Crippen molar-refractivity contribution in [1.82, 2.24) is 0 Å². The minimum atomic E-state index is 0. The van der Waals surface area contributed by atoms with Gasteiger partial charge in [-0.1, -0.05) is 59.3 Å². The Morgan fingerprint density at radius 2 is 1.45 bits per heavy atom. The Kier molecular flexibility index (Phi) is 7.42. The van der Waals surface area contributed by atoms with Gasteiger partial charge < -0.3 is 5.11 Å². The molecule has 2 heteroatoms. The van der Waals surface area contributed by atoms with Gasteiger partial charge in [0.15, 0.2) is 0 Å². The maximum absolute atomic E-state index is 9.83. The van der Waals surface area contributed by atoms with Crippen LogP contribution < -0.4 is 0 Å². The van der Waals surface area contributed by atoms with E-state index >= 15 is 0 Å². The van der Waals surface area contributed by atoms with Crippen LogP contribution in [0.25, 0.3) is 12.2 Å². The first-order valence-corrected chi connectivity index (χ1v) is 6.70. The van der Waals surface area contributed by atoms with E-state index in [9.17, 15) is 5.11 Å². The van der Waals surface area contributed by atoms with Crippen LogP contribution in [0.5, 0.6) is 5.75 Å². The van der Waals surface area contributed by atoms with Crippen LogP contribution in [0.3, 0.4) is 0 Å². The zero-order valence-electron chi connectivity index (χ0n) is 13.5. The summed E-state index contributed by atoms with van der Waals surface area (Å²) >= 11 is 0. The summed E-state index contributed by atoms with van der Waals surface area (Å²) in [5.74, 6) is 0.202. The normalized spacial score (nSPS) is 12.9. The summed E-state index contributed by atoms with van der Waals surface area (Å²) in [5, 5.41) is 9.83. The molecule has 1 nitrogen and oxygen atoms in total. The molecule has 0 amide bonds. The van der Waals surface area contributed by atoms with Crippen LogP contribution in [0.1, 0.15) is 52.7 Å². The van der Waals surface area contributed by atoms with E-state index < -0.39 is 0 Å². The molecule has 0 saturated carbocycles. The molecule has 0 heterocycles. The third kappa shape index (κ3) is 8.02. The predicted molar refractivity (Wildman–Crippen MR) is 83.9 cm³/mol. The topological polar surface area (TPSA) is 20.2 Å². The van der Waals surface area contributed by atoms with E-state index in [-0.39, 0.29) is 49.3 Å². The molecule has 0 spiro atoms. The Balaban J connectivity index is 0.00000361. The summed E-state index contributed by atoms with van der Waals surface area (Å²) in [6.45, 7) is 12.9. The van der Waals surface area contributed by atoms with Crippen molar-refractivity contribution in [3.63, 3.8) is 0 Å². The van der Waals surface area contributed by atoms with Gasteiger partial charge in [-0.15, -0.1) is 23.8 Å². The zero-order valence-corrected chi connectivity index (χ0v) is 16.3. The van der Waals surface area contributed by atoms with Crippen LogP contribution in [0.2, 0.25) is 0 Å². The number of phenolic OH excluding ortho intramolecular Hbond substituents is 1. The second-order valence-electron chi connectivity index (χ2n) is 7.14. The largest absolute Gasteiger partial charge is 0.533 e. The fraction of sp³-hybridized carbons (Fsp3) is 0.444. The predicted octanol–water partition coefficient (Wildman–Crippen LogP) is 5.31. The van der Waals surface area contributed by atoms with Gasteiger partial charge in [-0.2, -0.15) is 12.1 Å². The number of allylic oxidation sites excluding steroid dienone is 2. The van der Waals surface area contributed by atoms with Crippen molar-refractivity contribution in [3.05, 3.63) is 41.5 Å². The minimum Gasteiger partial charge on any atom is -0.533 e. The van der Waals surface area contributed by atoms with Crippen molar-refractivity contribution in [2.75, 3.05) is 0 Å². The average molecular weight is 346 g/mol. The van der Waals surface area contributed by atoms with Crippen LogP contribution in [-0.2, 0) is 32.7 Å². The molecule has 0 aliphatic rings. The Bertz CT molecular complexity index is 485. The Morgan fingerprint density at radius 1 is 0.950 bits per heavy atom. The maximum Gasteiger partial charge on any atom is 0.0109 e. The number of phenols is 1. The SMILES string of the molecule is CC(C)(C)/C=C/c1c[c-]c(O)c(/C=C/C(C)(C)C)c1.[Y]. The second-order valence-corrected chi connectivity index (χ2v) is 7.14. The van der Waals surface area contributed by atoms with Gasteiger partial charge in [-0.3, -0.25) is 0 Å². The number of benzene rings is 1. The first-order valence-electron chi connectivity index (χ1n) is 6.70. The van der Waals surface area contributed by atoms with Crippen molar-refractivity contribution >= 4 is 12.2 Å². The molecule has 1 aromatic rings. The minimum absolute atomic E-state index is 0. The molecule has 0 fully saturated rings. The monoisotopic (exact) mass is 346 g/mol. The van der Waals surface area contributed by atoms with E-state index in [1.807, 2.05) is 18.2 Å². The van der Waals surface area contributed by atoms with E-state index in [1.54, 1.807) is 0 Å². The zero-order chi connectivity index (χ0) is 14.7. The molecule has 0 saturated heterocycles. The summed E-state index contributed by atoms with van der Waals surface area (Å²) in [7, 11) is 0. The Morgan fingerprint density at radius 3 is 1.95 bits per heavy atom. The summed E-state index contributed by atoms with van der Waals surface area (Å²) in [6.07, 6.45) is 8.28. The first kappa shape index (κ1) is 19.6. The van der Waals surface area contributed by atoms with Gasteiger partial charge in [0, 0.05) is 38.5 Å². The van der Waals surface area contributed by atoms with Crippen molar-refractivity contribution < 1.29 is 37.8 Å². The van der Waals surface area contributed by atoms with Crippen LogP contribution in [-0.4, -0.2) is 5.11 Å². The quantitative estimate of drug-likeness (QED) is 0.720. The second kappa shape index (κ2) is 7.57. The van der Waals surface area contributed by atoms with Crippen molar-refractivity contribution in [2.24, 2.45) is 10.8 Å². The average Bonchev–Trinajstić information content (AvgIpc) is 2.24. The van der Waals surface area contributed by atoms with Crippen molar-refractivity contribution in [1.29, 1.82) is 0 Å². The molecule has 1 N–H and O–H groups in total. The summed E-state index contributed by atoms with van der Waals surface area (Å²) < 4.78 is 0. The fourth-order valence-corrected chi connectivity index (χ4v) is 1.43. The van der Waals surface area contributed by atoms with Gasteiger partial charge in [0.25, 0.3) is 0 Å². The third-order valence-corrected chi connectivity index (χ3v) is 2.51. The Hall–Kier alpha value is -0.396. The third-order valence-electron chi connectivity index (χ3n) is 2.51. The molecule has 0 atom stereocenters. The molecule has 107 valence electrons. The molecule has 0 aliphatic carbocycles. The van der Waals surface area contributed by atoms with Gasteiger partial charge >= 0.3 is 0 Å². The molecular formula is C18H25OY-. The van der Waals surface area contributed by atoms with Crippen LogP contribution >= 0.6 is 0 Å². The molecule has 0 bridgehead atoms. The molecular weight excluding hydrogens is 321 g/mol. The molecule has 0 unspecified atom stereocenters. The molecule has 1 aromatic carbocycles. The van der Waals surface area contributed by atoms with Gasteiger partial charge in [0.2, 0.25) is 0 Å². The van der Waals surface area contributed by atoms with E-state index in [4.69, 9.17) is 0 Å². The molecule has 0 aliphatic heterocycles. The number of aromatic hydroxyl groups is 1. The molecule has 0 aromatic heterocycles. The number of hydrogen-bond donors (Lipinski definition) is 1. The van der Waals surface area contributed by atoms with Gasteiger partial charge in [-0.05, 0) is 10.8 Å². The van der Waals surface area contributed by atoms with E-state index in [0.29, 0.717) is 0 Å². The van der Waals surface area contributed by atoms with E-state index in [1.165, 1.54) is 0 Å². The van der Waals surface area contributed by atoms with Crippen LogP contribution in [0, 0.1) is 16.9 Å². The fourth-order valence-electron chi connectivity index (χ4n) is 1.43. The standard InChI is InChI=1S/C18H25O.Y/c1-17(2,3)11-9-14-7-8-16(19)15(13-14)10-12-18(4,5)6;/h7,9-13,19H,1-6H3;/q-1;/b11-9+,12-10+;. The summed E-state index contributed by atoms with van der Waals surface area (Å²) in [5.41, 5.74) is 2.12. The summed E-state index contributed by atoms with van der Waals surface area (Å²) in [4.78, 5) is 0. The van der Waals surface area contributed by atoms with Crippen molar-refractivity contribution in [3.8, 4) is 5.75 Å². The number of hydrogen-bond acceptors (Lipinski definition) is 1. The molecule has 1 radical (unpaired) electrons. The number of rotatable bonds is 2. The van der Waals surface area contributed by atoms with Gasteiger partial charge in [0.05, 0.1) is 0 Å². The molecule has 20 heavy (non-hydrogen) atoms. The Labute approximate surface area is 149 Å². The van der Waals surface area contributed by atoms with E-state index in [0.717, 1.165) is 11.1 Å². The van der Waals surface area contributed by atoms with Crippen molar-refractivity contribution in [2.45, 2.75) is 41.5 Å². The smallest absolute Gasteiger partial charge is 0.0109 e.